The number of anilines is 2. The summed E-state index contributed by atoms with van der Waals surface area (Å²) in [5.41, 5.74) is 4.39. The van der Waals surface area contributed by atoms with E-state index in [0.29, 0.717) is 5.88 Å². The van der Waals surface area contributed by atoms with Crippen molar-refractivity contribution in [2.24, 2.45) is 0 Å². The molecule has 0 spiro atoms. The second kappa shape index (κ2) is 5.87. The third-order valence-electron chi connectivity index (χ3n) is 2.92. The molecule has 94 valence electrons. The summed E-state index contributed by atoms with van der Waals surface area (Å²) in [6, 6.07) is 12.4. The van der Waals surface area contributed by atoms with Crippen LogP contribution >= 0.6 is 11.6 Å². The van der Waals surface area contributed by atoms with Crippen molar-refractivity contribution >= 4 is 23.0 Å². The molecule has 0 saturated heterocycles. The van der Waals surface area contributed by atoms with Gasteiger partial charge in [-0.1, -0.05) is 18.2 Å². The van der Waals surface area contributed by atoms with E-state index in [9.17, 15) is 0 Å². The van der Waals surface area contributed by atoms with E-state index in [4.69, 9.17) is 11.6 Å². The SMILES string of the molecule is CCN(c1ccccc1)c1cc(C)ncc1CCl. The fourth-order valence-electron chi connectivity index (χ4n) is 2.03. The molecule has 0 saturated carbocycles. The van der Waals surface area contributed by atoms with Gasteiger partial charge in [-0.25, -0.2) is 0 Å². The zero-order valence-electron chi connectivity index (χ0n) is 10.7. The third kappa shape index (κ3) is 2.65. The first kappa shape index (κ1) is 12.9. The Morgan fingerprint density at radius 2 is 1.94 bits per heavy atom. The number of benzene rings is 1. The van der Waals surface area contributed by atoms with Crippen molar-refractivity contribution < 1.29 is 0 Å². The van der Waals surface area contributed by atoms with Crippen molar-refractivity contribution in [3.63, 3.8) is 0 Å². The Bertz CT molecular complexity index is 511. The topological polar surface area (TPSA) is 16.1 Å². The van der Waals surface area contributed by atoms with Crippen LogP contribution in [0.3, 0.4) is 0 Å². The second-order valence-electron chi connectivity index (χ2n) is 4.17. The lowest BCUT2D eigenvalue weighted by molar-refractivity contribution is 0.999. The van der Waals surface area contributed by atoms with Gasteiger partial charge in [0.15, 0.2) is 0 Å². The molecule has 0 bridgehead atoms. The number of aryl methyl sites for hydroxylation is 1. The first-order valence-corrected chi connectivity index (χ1v) is 6.63. The average molecular weight is 261 g/mol. The van der Waals surface area contributed by atoms with Crippen molar-refractivity contribution in [2.75, 3.05) is 11.4 Å². The summed E-state index contributed by atoms with van der Waals surface area (Å²) in [7, 11) is 0. The number of nitrogens with zero attached hydrogens (tertiary/aromatic N) is 2. The fourth-order valence-corrected chi connectivity index (χ4v) is 2.23. The van der Waals surface area contributed by atoms with Crippen LogP contribution in [0.2, 0.25) is 0 Å². The van der Waals surface area contributed by atoms with Crippen LogP contribution in [0.1, 0.15) is 18.2 Å². The fraction of sp³-hybridized carbons (Fsp3) is 0.267. The molecular weight excluding hydrogens is 244 g/mol. The molecule has 0 unspecified atom stereocenters. The van der Waals surface area contributed by atoms with E-state index in [2.05, 4.69) is 35.0 Å². The van der Waals surface area contributed by atoms with E-state index < -0.39 is 0 Å². The first-order valence-electron chi connectivity index (χ1n) is 6.10. The maximum Gasteiger partial charge on any atom is 0.0510 e. The van der Waals surface area contributed by atoms with Crippen LogP contribution < -0.4 is 4.90 Å². The third-order valence-corrected chi connectivity index (χ3v) is 3.21. The van der Waals surface area contributed by atoms with Gasteiger partial charge in [0, 0.05) is 35.4 Å². The van der Waals surface area contributed by atoms with Crippen molar-refractivity contribution in [1.29, 1.82) is 0 Å². The number of aromatic nitrogens is 1. The highest BCUT2D eigenvalue weighted by atomic mass is 35.5. The number of halogens is 1. The first-order chi connectivity index (χ1) is 8.76. The van der Waals surface area contributed by atoms with Gasteiger partial charge in [0.1, 0.15) is 0 Å². The lowest BCUT2D eigenvalue weighted by Gasteiger charge is -2.25. The lowest BCUT2D eigenvalue weighted by atomic mass is 10.2. The number of alkyl halides is 1. The van der Waals surface area contributed by atoms with Gasteiger partial charge < -0.3 is 4.90 Å². The van der Waals surface area contributed by atoms with Gasteiger partial charge in [0.2, 0.25) is 0 Å². The minimum absolute atomic E-state index is 0.478. The number of hydrogen-bond donors (Lipinski definition) is 0. The molecule has 1 heterocycles. The Labute approximate surface area is 113 Å². The lowest BCUT2D eigenvalue weighted by Crippen LogP contribution is -2.17. The molecule has 1 aromatic heterocycles. The monoisotopic (exact) mass is 260 g/mol. The van der Waals surface area contributed by atoms with E-state index in [1.807, 2.05) is 31.3 Å². The minimum Gasteiger partial charge on any atom is -0.341 e. The van der Waals surface area contributed by atoms with Crippen molar-refractivity contribution in [1.82, 2.24) is 4.98 Å². The number of rotatable bonds is 4. The molecule has 0 aliphatic rings. The average Bonchev–Trinajstić information content (AvgIpc) is 2.41. The van der Waals surface area contributed by atoms with Gasteiger partial charge in [-0.15, -0.1) is 11.6 Å². The van der Waals surface area contributed by atoms with Gasteiger partial charge >= 0.3 is 0 Å². The molecule has 0 amide bonds. The summed E-state index contributed by atoms with van der Waals surface area (Å²) in [6.07, 6.45) is 1.86. The predicted molar refractivity (Wildman–Crippen MR) is 77.7 cm³/mol. The Morgan fingerprint density at radius 3 is 2.56 bits per heavy atom. The van der Waals surface area contributed by atoms with Crippen molar-refractivity contribution in [2.45, 2.75) is 19.7 Å². The van der Waals surface area contributed by atoms with E-state index in [-0.39, 0.29) is 0 Å². The molecular formula is C15H17ClN2. The summed E-state index contributed by atoms with van der Waals surface area (Å²) in [5, 5.41) is 0. The predicted octanol–water partition coefficient (Wildman–Crippen LogP) is 4.29. The van der Waals surface area contributed by atoms with E-state index in [0.717, 1.165) is 23.5 Å². The molecule has 0 radical (unpaired) electrons. The molecule has 0 aliphatic carbocycles. The highest BCUT2D eigenvalue weighted by Crippen LogP contribution is 2.29. The van der Waals surface area contributed by atoms with Gasteiger partial charge in [-0.3, -0.25) is 4.98 Å². The maximum atomic E-state index is 6.01. The van der Waals surface area contributed by atoms with E-state index >= 15 is 0 Å². The van der Waals surface area contributed by atoms with Crippen LogP contribution in [0.15, 0.2) is 42.6 Å². The normalized spacial score (nSPS) is 10.4. The second-order valence-corrected chi connectivity index (χ2v) is 4.44. The molecule has 0 N–H and O–H groups in total. The summed E-state index contributed by atoms with van der Waals surface area (Å²) in [4.78, 5) is 6.57. The maximum absolute atomic E-state index is 6.01. The van der Waals surface area contributed by atoms with Crippen LogP contribution in [-0.2, 0) is 5.88 Å². The van der Waals surface area contributed by atoms with E-state index in [1.54, 1.807) is 0 Å². The summed E-state index contributed by atoms with van der Waals surface area (Å²) >= 11 is 6.01. The van der Waals surface area contributed by atoms with Gasteiger partial charge in [0.25, 0.3) is 0 Å². The number of hydrogen-bond acceptors (Lipinski definition) is 2. The van der Waals surface area contributed by atoms with Crippen molar-refractivity contribution in [3.05, 3.63) is 53.9 Å². The molecule has 2 aromatic rings. The molecule has 0 aliphatic heterocycles. The quantitative estimate of drug-likeness (QED) is 0.763. The Kier molecular flexibility index (Phi) is 4.21. The molecule has 1 aromatic carbocycles. The minimum atomic E-state index is 0.478. The largest absolute Gasteiger partial charge is 0.341 e. The molecule has 2 rings (SSSR count). The standard InChI is InChI=1S/C15H17ClN2/c1-3-18(14-7-5-4-6-8-14)15-9-12(2)17-11-13(15)10-16/h4-9,11H,3,10H2,1-2H3. The molecule has 18 heavy (non-hydrogen) atoms. The summed E-state index contributed by atoms with van der Waals surface area (Å²) in [6.45, 7) is 5.04. The van der Waals surface area contributed by atoms with Crippen LogP contribution in [0.4, 0.5) is 11.4 Å². The highest BCUT2D eigenvalue weighted by molar-refractivity contribution is 6.17. The van der Waals surface area contributed by atoms with Crippen LogP contribution in [0.25, 0.3) is 0 Å². The molecule has 0 atom stereocenters. The Hall–Kier alpha value is -1.54. The highest BCUT2D eigenvalue weighted by Gasteiger charge is 2.11. The smallest absolute Gasteiger partial charge is 0.0510 e. The summed E-state index contributed by atoms with van der Waals surface area (Å²) in [5.74, 6) is 0.478. The Morgan fingerprint density at radius 1 is 1.22 bits per heavy atom. The zero-order valence-corrected chi connectivity index (χ0v) is 11.5. The number of para-hydroxylation sites is 1. The van der Waals surface area contributed by atoms with Gasteiger partial charge in [0.05, 0.1) is 5.88 Å². The van der Waals surface area contributed by atoms with Gasteiger partial charge in [-0.2, -0.15) is 0 Å². The van der Waals surface area contributed by atoms with Crippen LogP contribution in [0, 0.1) is 6.92 Å². The molecule has 3 heteroatoms. The molecule has 0 fully saturated rings. The number of pyridine rings is 1. The Balaban J connectivity index is 2.48. The van der Waals surface area contributed by atoms with Gasteiger partial charge in [-0.05, 0) is 32.0 Å². The zero-order chi connectivity index (χ0) is 13.0. The van der Waals surface area contributed by atoms with Crippen LogP contribution in [0.5, 0.6) is 0 Å². The summed E-state index contributed by atoms with van der Waals surface area (Å²) < 4.78 is 0. The molecule has 2 nitrogen and oxygen atoms in total. The van der Waals surface area contributed by atoms with Crippen LogP contribution in [-0.4, -0.2) is 11.5 Å². The van der Waals surface area contributed by atoms with E-state index in [1.165, 1.54) is 5.69 Å². The van der Waals surface area contributed by atoms with Crippen molar-refractivity contribution in [3.8, 4) is 0 Å².